The molecule has 6 heavy (non-hydrogen) atoms. The molecule has 0 bridgehead atoms. The second-order valence-electron chi connectivity index (χ2n) is 0.696. The minimum Gasteiger partial charge on any atom is -0.469 e. The summed E-state index contributed by atoms with van der Waals surface area (Å²) in [6.07, 6.45) is 0. The third kappa shape index (κ3) is 9.02. The average Bonchev–Trinajstić information content (AvgIpc) is 1.38. The third-order valence-electron chi connectivity index (χ3n) is 0.287. The molecule has 0 amide bonds. The van der Waals surface area contributed by atoms with E-state index in [1.165, 1.54) is 14.0 Å². The molecule has 3 heteroatoms. The first-order valence-electron chi connectivity index (χ1n) is 1.32. The first-order valence-corrected chi connectivity index (χ1v) is 1.32. The molecule has 0 atom stereocenters. The predicted octanol–water partition coefficient (Wildman–Crippen LogP) is 0.177. The van der Waals surface area contributed by atoms with Crippen molar-refractivity contribution in [3.63, 3.8) is 0 Å². The maximum atomic E-state index is 9.59. The Morgan fingerprint density at radius 1 is 1.67 bits per heavy atom. The molecule has 0 aromatic rings. The van der Waals surface area contributed by atoms with Gasteiger partial charge in [0.05, 0.1) is 7.11 Å². The SMILES string of the molecule is COC(C)=O.[Co]. The molecule has 0 aliphatic heterocycles. The molecule has 0 saturated heterocycles. The fourth-order valence-electron chi connectivity index (χ4n) is 0. The molecule has 0 aromatic heterocycles. The van der Waals surface area contributed by atoms with E-state index in [2.05, 4.69) is 4.74 Å². The van der Waals surface area contributed by atoms with Crippen LogP contribution in [0.25, 0.3) is 0 Å². The molecule has 39 valence electrons. The van der Waals surface area contributed by atoms with Crippen LogP contribution in [0.5, 0.6) is 0 Å². The van der Waals surface area contributed by atoms with Gasteiger partial charge in [0.1, 0.15) is 0 Å². The number of carbonyl (C=O) groups is 1. The summed E-state index contributed by atoms with van der Waals surface area (Å²) in [4.78, 5) is 9.59. The Kier molecular flexibility index (Phi) is 7.76. The van der Waals surface area contributed by atoms with Crippen LogP contribution in [0.2, 0.25) is 0 Å². The molecular formula is C3H6CoO2. The summed E-state index contributed by atoms with van der Waals surface area (Å²) in [6.45, 7) is 1.36. The first-order chi connectivity index (χ1) is 2.27. The monoisotopic (exact) mass is 133 g/mol. The van der Waals surface area contributed by atoms with Gasteiger partial charge in [-0.25, -0.2) is 0 Å². The van der Waals surface area contributed by atoms with Gasteiger partial charge in [0, 0.05) is 23.7 Å². The van der Waals surface area contributed by atoms with Crippen molar-refractivity contribution in [1.29, 1.82) is 0 Å². The van der Waals surface area contributed by atoms with Crippen LogP contribution in [0, 0.1) is 0 Å². The van der Waals surface area contributed by atoms with Crippen LogP contribution in [-0.2, 0) is 26.3 Å². The first kappa shape index (κ1) is 9.36. The molecule has 0 spiro atoms. The molecule has 0 saturated carbocycles. The second-order valence-corrected chi connectivity index (χ2v) is 0.696. The molecule has 0 aromatic carbocycles. The van der Waals surface area contributed by atoms with Crippen LogP contribution in [0.15, 0.2) is 0 Å². The topological polar surface area (TPSA) is 26.3 Å². The normalized spacial score (nSPS) is 5.67. The van der Waals surface area contributed by atoms with Crippen molar-refractivity contribution >= 4 is 5.97 Å². The van der Waals surface area contributed by atoms with Crippen LogP contribution in [0.3, 0.4) is 0 Å². The molecule has 1 radical (unpaired) electrons. The smallest absolute Gasteiger partial charge is 0.302 e. The molecule has 0 fully saturated rings. The van der Waals surface area contributed by atoms with E-state index in [0.29, 0.717) is 0 Å². The van der Waals surface area contributed by atoms with Gasteiger partial charge in [0.15, 0.2) is 0 Å². The fourth-order valence-corrected chi connectivity index (χ4v) is 0. The van der Waals surface area contributed by atoms with Crippen LogP contribution in [0.4, 0.5) is 0 Å². The number of esters is 1. The molecular weight excluding hydrogens is 127 g/mol. The van der Waals surface area contributed by atoms with E-state index >= 15 is 0 Å². The van der Waals surface area contributed by atoms with Crippen LogP contribution >= 0.6 is 0 Å². The van der Waals surface area contributed by atoms with Crippen molar-refractivity contribution in [2.24, 2.45) is 0 Å². The number of hydrogen-bond donors (Lipinski definition) is 0. The maximum absolute atomic E-state index is 9.59. The van der Waals surface area contributed by atoms with E-state index in [1.807, 2.05) is 0 Å². The number of hydrogen-bond acceptors (Lipinski definition) is 2. The van der Waals surface area contributed by atoms with Crippen molar-refractivity contribution in [2.45, 2.75) is 6.92 Å². The Bertz CT molecular complexity index is 44.1. The van der Waals surface area contributed by atoms with Gasteiger partial charge in [-0.2, -0.15) is 0 Å². The van der Waals surface area contributed by atoms with Gasteiger partial charge in [0.2, 0.25) is 0 Å². The molecule has 0 aliphatic rings. The van der Waals surface area contributed by atoms with Gasteiger partial charge in [-0.3, -0.25) is 4.79 Å². The zero-order valence-corrected chi connectivity index (χ0v) is 4.69. The van der Waals surface area contributed by atoms with Crippen molar-refractivity contribution < 1.29 is 26.3 Å². The Labute approximate surface area is 47.1 Å². The zero-order valence-electron chi connectivity index (χ0n) is 3.65. The van der Waals surface area contributed by atoms with Crippen molar-refractivity contribution in [2.75, 3.05) is 7.11 Å². The minimum atomic E-state index is -0.245. The second kappa shape index (κ2) is 4.98. The van der Waals surface area contributed by atoms with Gasteiger partial charge < -0.3 is 4.74 Å². The Balaban J connectivity index is 0. The fraction of sp³-hybridized carbons (Fsp3) is 0.667. The molecule has 0 rings (SSSR count). The van der Waals surface area contributed by atoms with Gasteiger partial charge >= 0.3 is 5.97 Å². The van der Waals surface area contributed by atoms with E-state index in [9.17, 15) is 4.79 Å². The summed E-state index contributed by atoms with van der Waals surface area (Å²) in [6, 6.07) is 0. The van der Waals surface area contributed by atoms with E-state index in [0.717, 1.165) is 0 Å². The van der Waals surface area contributed by atoms with Crippen molar-refractivity contribution in [3.8, 4) is 0 Å². The number of rotatable bonds is 0. The van der Waals surface area contributed by atoms with Crippen molar-refractivity contribution in [1.82, 2.24) is 0 Å². The summed E-state index contributed by atoms with van der Waals surface area (Å²) < 4.78 is 4.11. The number of methoxy groups -OCH3 is 1. The average molecular weight is 133 g/mol. The molecule has 0 N–H and O–H groups in total. The zero-order chi connectivity index (χ0) is 4.28. The van der Waals surface area contributed by atoms with E-state index in [-0.39, 0.29) is 22.7 Å². The summed E-state index contributed by atoms with van der Waals surface area (Å²) >= 11 is 0. The summed E-state index contributed by atoms with van der Waals surface area (Å²) in [5.74, 6) is -0.245. The van der Waals surface area contributed by atoms with Crippen molar-refractivity contribution in [3.05, 3.63) is 0 Å². The molecule has 0 unspecified atom stereocenters. The quantitative estimate of drug-likeness (QED) is 0.440. The predicted molar refractivity (Wildman–Crippen MR) is 17.7 cm³/mol. The van der Waals surface area contributed by atoms with Gasteiger partial charge in [-0.05, 0) is 0 Å². The van der Waals surface area contributed by atoms with E-state index in [4.69, 9.17) is 0 Å². The Morgan fingerprint density at radius 3 is 1.83 bits per heavy atom. The van der Waals surface area contributed by atoms with Crippen LogP contribution in [-0.4, -0.2) is 13.1 Å². The largest absolute Gasteiger partial charge is 0.469 e. The number of ether oxygens (including phenoxy) is 1. The van der Waals surface area contributed by atoms with Gasteiger partial charge in [-0.1, -0.05) is 0 Å². The van der Waals surface area contributed by atoms with E-state index in [1.54, 1.807) is 0 Å². The standard InChI is InChI=1S/C3H6O2.Co/c1-3(4)5-2;/h1-2H3;. The van der Waals surface area contributed by atoms with Gasteiger partial charge in [0.25, 0.3) is 0 Å². The third-order valence-corrected chi connectivity index (χ3v) is 0.287. The van der Waals surface area contributed by atoms with E-state index < -0.39 is 0 Å². The maximum Gasteiger partial charge on any atom is 0.302 e. The van der Waals surface area contributed by atoms with Crippen LogP contribution in [0.1, 0.15) is 6.92 Å². The molecule has 0 aliphatic carbocycles. The number of carbonyl (C=O) groups excluding carboxylic acids is 1. The summed E-state index contributed by atoms with van der Waals surface area (Å²) in [7, 11) is 1.35. The minimum absolute atomic E-state index is 0. The van der Waals surface area contributed by atoms with Crippen LogP contribution < -0.4 is 0 Å². The Morgan fingerprint density at radius 2 is 1.83 bits per heavy atom. The van der Waals surface area contributed by atoms with Gasteiger partial charge in [-0.15, -0.1) is 0 Å². The summed E-state index contributed by atoms with van der Waals surface area (Å²) in [5.41, 5.74) is 0. The molecule has 2 nitrogen and oxygen atoms in total. The molecule has 0 heterocycles. The Hall–Kier alpha value is -0.0235. The summed E-state index contributed by atoms with van der Waals surface area (Å²) in [5, 5.41) is 0.